The molecular formula is C11H14F3NO. The Morgan fingerprint density at radius 3 is 2.62 bits per heavy atom. The predicted molar refractivity (Wildman–Crippen MR) is 54.9 cm³/mol. The van der Waals surface area contributed by atoms with Crippen LogP contribution in [0.4, 0.5) is 13.2 Å². The molecule has 0 aliphatic heterocycles. The fourth-order valence-corrected chi connectivity index (χ4v) is 1.21. The number of halogens is 3. The standard InChI is InChI=1S/C11H14F3NO/c1-8(2)3-5-15-6-4-9(7-15)10(16)11(12,13)14/h3-4,6-7,10,16H,5H2,1-2H3. The van der Waals surface area contributed by atoms with Gasteiger partial charge in [0.1, 0.15) is 0 Å². The molecule has 0 bridgehead atoms. The van der Waals surface area contributed by atoms with E-state index < -0.39 is 12.3 Å². The van der Waals surface area contributed by atoms with Gasteiger partial charge in [-0.1, -0.05) is 11.6 Å². The first-order valence-corrected chi connectivity index (χ1v) is 4.84. The molecule has 1 rings (SSSR count). The molecule has 0 amide bonds. The lowest BCUT2D eigenvalue weighted by molar-refractivity contribution is -0.206. The van der Waals surface area contributed by atoms with Gasteiger partial charge in [-0.2, -0.15) is 13.2 Å². The van der Waals surface area contributed by atoms with E-state index in [-0.39, 0.29) is 5.56 Å². The van der Waals surface area contributed by atoms with Crippen molar-refractivity contribution < 1.29 is 18.3 Å². The van der Waals surface area contributed by atoms with Crippen LogP contribution in [0.15, 0.2) is 30.1 Å². The monoisotopic (exact) mass is 233 g/mol. The average molecular weight is 233 g/mol. The van der Waals surface area contributed by atoms with Gasteiger partial charge in [0.2, 0.25) is 0 Å². The average Bonchev–Trinajstić information content (AvgIpc) is 2.60. The molecular weight excluding hydrogens is 219 g/mol. The molecule has 90 valence electrons. The molecule has 0 saturated heterocycles. The molecule has 0 aromatic carbocycles. The minimum absolute atomic E-state index is 0.130. The molecule has 0 saturated carbocycles. The first kappa shape index (κ1) is 12.8. The van der Waals surface area contributed by atoms with Gasteiger partial charge in [-0.25, -0.2) is 0 Å². The van der Waals surface area contributed by atoms with Crippen LogP contribution in [0.5, 0.6) is 0 Å². The summed E-state index contributed by atoms with van der Waals surface area (Å²) in [6.45, 7) is 4.33. The number of nitrogens with zero attached hydrogens (tertiary/aromatic N) is 1. The number of hydrogen-bond acceptors (Lipinski definition) is 1. The second kappa shape index (κ2) is 4.74. The van der Waals surface area contributed by atoms with Crippen molar-refractivity contribution in [3.05, 3.63) is 35.7 Å². The molecule has 2 nitrogen and oxygen atoms in total. The smallest absolute Gasteiger partial charge is 0.379 e. The number of hydrogen-bond donors (Lipinski definition) is 1. The predicted octanol–water partition coefficient (Wildman–Crippen LogP) is 3.05. The van der Waals surface area contributed by atoms with Crippen LogP contribution in [0, 0.1) is 0 Å². The van der Waals surface area contributed by atoms with Crippen molar-refractivity contribution in [3.8, 4) is 0 Å². The SMILES string of the molecule is CC(C)=CCn1ccc(C(O)C(F)(F)F)c1. The summed E-state index contributed by atoms with van der Waals surface area (Å²) in [4.78, 5) is 0. The lowest BCUT2D eigenvalue weighted by Gasteiger charge is -2.12. The van der Waals surface area contributed by atoms with Crippen molar-refractivity contribution in [1.29, 1.82) is 0 Å². The minimum Gasteiger partial charge on any atom is -0.379 e. The number of allylic oxidation sites excluding steroid dienone is 2. The number of aliphatic hydroxyl groups is 1. The van der Waals surface area contributed by atoms with Crippen molar-refractivity contribution in [2.75, 3.05) is 0 Å². The van der Waals surface area contributed by atoms with E-state index in [0.29, 0.717) is 6.54 Å². The number of aliphatic hydroxyl groups excluding tert-OH is 1. The summed E-state index contributed by atoms with van der Waals surface area (Å²) < 4.78 is 38.2. The van der Waals surface area contributed by atoms with Crippen LogP contribution in [0.1, 0.15) is 25.5 Å². The summed E-state index contributed by atoms with van der Waals surface area (Å²) in [5.74, 6) is 0. The first-order chi connectivity index (χ1) is 7.30. The third-order valence-corrected chi connectivity index (χ3v) is 2.11. The third-order valence-electron chi connectivity index (χ3n) is 2.11. The van der Waals surface area contributed by atoms with Crippen molar-refractivity contribution >= 4 is 0 Å². The van der Waals surface area contributed by atoms with E-state index in [1.807, 2.05) is 19.9 Å². The molecule has 0 fully saturated rings. The molecule has 5 heteroatoms. The molecule has 0 radical (unpaired) electrons. The molecule has 1 heterocycles. The van der Waals surface area contributed by atoms with Gasteiger partial charge in [0, 0.05) is 24.5 Å². The van der Waals surface area contributed by atoms with Gasteiger partial charge in [-0.05, 0) is 19.9 Å². The molecule has 0 spiro atoms. The Labute approximate surface area is 92.0 Å². The van der Waals surface area contributed by atoms with Crippen LogP contribution in [0.2, 0.25) is 0 Å². The van der Waals surface area contributed by atoms with Gasteiger partial charge in [0.05, 0.1) is 0 Å². The van der Waals surface area contributed by atoms with Gasteiger partial charge in [0.25, 0.3) is 0 Å². The third kappa shape index (κ3) is 3.41. The lowest BCUT2D eigenvalue weighted by atomic mass is 10.2. The summed E-state index contributed by atoms with van der Waals surface area (Å²) in [6.07, 6.45) is -2.30. The van der Waals surface area contributed by atoms with Crippen molar-refractivity contribution in [2.24, 2.45) is 0 Å². The van der Waals surface area contributed by atoms with E-state index in [1.54, 1.807) is 4.57 Å². The molecule has 16 heavy (non-hydrogen) atoms. The molecule has 1 N–H and O–H groups in total. The maximum absolute atomic E-state index is 12.2. The van der Waals surface area contributed by atoms with Gasteiger partial charge in [-0.3, -0.25) is 0 Å². The quantitative estimate of drug-likeness (QED) is 0.797. The highest BCUT2D eigenvalue weighted by Crippen LogP contribution is 2.32. The van der Waals surface area contributed by atoms with Crippen LogP contribution in [0.3, 0.4) is 0 Å². The summed E-state index contributed by atoms with van der Waals surface area (Å²) in [6, 6.07) is 1.27. The van der Waals surface area contributed by atoms with Crippen molar-refractivity contribution in [2.45, 2.75) is 32.7 Å². The van der Waals surface area contributed by atoms with Crippen LogP contribution < -0.4 is 0 Å². The van der Waals surface area contributed by atoms with Crippen molar-refractivity contribution in [3.63, 3.8) is 0 Å². The maximum atomic E-state index is 12.2. The highest BCUT2D eigenvalue weighted by molar-refractivity contribution is 5.15. The van der Waals surface area contributed by atoms with Crippen LogP contribution >= 0.6 is 0 Å². The zero-order chi connectivity index (χ0) is 12.3. The molecule has 1 unspecified atom stereocenters. The Morgan fingerprint density at radius 2 is 2.12 bits per heavy atom. The van der Waals surface area contributed by atoms with Crippen LogP contribution in [-0.2, 0) is 6.54 Å². The van der Waals surface area contributed by atoms with Gasteiger partial charge in [-0.15, -0.1) is 0 Å². The van der Waals surface area contributed by atoms with E-state index in [9.17, 15) is 13.2 Å². The van der Waals surface area contributed by atoms with Crippen LogP contribution in [0.25, 0.3) is 0 Å². The Bertz CT molecular complexity index is 375. The van der Waals surface area contributed by atoms with E-state index >= 15 is 0 Å². The largest absolute Gasteiger partial charge is 0.418 e. The number of rotatable bonds is 3. The fourth-order valence-electron chi connectivity index (χ4n) is 1.21. The zero-order valence-electron chi connectivity index (χ0n) is 9.12. The molecule has 0 aliphatic rings. The highest BCUT2D eigenvalue weighted by Gasteiger charge is 2.39. The van der Waals surface area contributed by atoms with E-state index in [2.05, 4.69) is 0 Å². The fraction of sp³-hybridized carbons (Fsp3) is 0.455. The van der Waals surface area contributed by atoms with Gasteiger partial charge < -0.3 is 9.67 Å². The molecule has 1 atom stereocenters. The van der Waals surface area contributed by atoms with Gasteiger partial charge >= 0.3 is 6.18 Å². The van der Waals surface area contributed by atoms with E-state index in [1.165, 1.54) is 18.5 Å². The minimum atomic E-state index is -4.61. The van der Waals surface area contributed by atoms with Crippen molar-refractivity contribution in [1.82, 2.24) is 4.57 Å². The maximum Gasteiger partial charge on any atom is 0.418 e. The zero-order valence-corrected chi connectivity index (χ0v) is 9.12. The normalized spacial score (nSPS) is 13.6. The summed E-state index contributed by atoms with van der Waals surface area (Å²) >= 11 is 0. The van der Waals surface area contributed by atoms with E-state index in [4.69, 9.17) is 5.11 Å². The van der Waals surface area contributed by atoms with Crippen LogP contribution in [-0.4, -0.2) is 15.8 Å². The lowest BCUT2D eigenvalue weighted by Crippen LogP contribution is -2.19. The Balaban J connectivity index is 2.75. The second-order valence-corrected chi connectivity index (χ2v) is 3.87. The summed E-state index contributed by atoms with van der Waals surface area (Å²) in [7, 11) is 0. The summed E-state index contributed by atoms with van der Waals surface area (Å²) in [5, 5.41) is 8.99. The first-order valence-electron chi connectivity index (χ1n) is 4.84. The number of aromatic nitrogens is 1. The topological polar surface area (TPSA) is 25.2 Å². The Kier molecular flexibility index (Phi) is 3.80. The Morgan fingerprint density at radius 1 is 1.50 bits per heavy atom. The molecule has 1 aromatic heterocycles. The Hall–Kier alpha value is -1.23. The molecule has 0 aliphatic carbocycles. The highest BCUT2D eigenvalue weighted by atomic mass is 19.4. The summed E-state index contributed by atoms with van der Waals surface area (Å²) in [5.41, 5.74) is 0.960. The molecule has 1 aromatic rings. The van der Waals surface area contributed by atoms with Gasteiger partial charge in [0.15, 0.2) is 6.10 Å². The number of alkyl halides is 3. The van der Waals surface area contributed by atoms with E-state index in [0.717, 1.165) is 5.57 Å². The second-order valence-electron chi connectivity index (χ2n) is 3.87.